The van der Waals surface area contributed by atoms with Gasteiger partial charge in [-0.25, -0.2) is 0 Å². The molecule has 1 heterocycles. The van der Waals surface area contributed by atoms with Gasteiger partial charge in [0, 0.05) is 13.1 Å². The summed E-state index contributed by atoms with van der Waals surface area (Å²) in [5, 5.41) is 3.26. The van der Waals surface area contributed by atoms with Crippen molar-refractivity contribution in [3.63, 3.8) is 0 Å². The van der Waals surface area contributed by atoms with Gasteiger partial charge in [-0.15, -0.1) is 0 Å². The van der Waals surface area contributed by atoms with E-state index >= 15 is 0 Å². The predicted octanol–water partition coefficient (Wildman–Crippen LogP) is 3.18. The van der Waals surface area contributed by atoms with Crippen molar-refractivity contribution in [2.45, 2.75) is 51.9 Å². The molecular weight excluding hydrogens is 284 g/mol. The minimum atomic E-state index is -0.238. The smallest absolute Gasteiger partial charge is 0.230 e. The van der Waals surface area contributed by atoms with Crippen molar-refractivity contribution in [1.29, 1.82) is 0 Å². The van der Waals surface area contributed by atoms with Crippen LogP contribution >= 0.6 is 0 Å². The van der Waals surface area contributed by atoms with Gasteiger partial charge in [-0.05, 0) is 64.1 Å². The third-order valence-corrected chi connectivity index (χ3v) is 5.42. The van der Waals surface area contributed by atoms with E-state index in [-0.39, 0.29) is 11.3 Å². The second-order valence-corrected chi connectivity index (χ2v) is 7.62. The Kier molecular flexibility index (Phi) is 4.77. The molecule has 1 aliphatic carbocycles. The number of carbonyl (C=O) groups is 1. The first kappa shape index (κ1) is 16.5. The molecule has 0 bridgehead atoms. The number of nitrogens with zero attached hydrogens (tertiary/aromatic N) is 1. The summed E-state index contributed by atoms with van der Waals surface area (Å²) in [5.74, 6) is 0.872. The zero-order chi connectivity index (χ0) is 16.4. The highest BCUT2D eigenvalue weighted by molar-refractivity contribution is 5.91. The van der Waals surface area contributed by atoms with Crippen LogP contribution in [0.4, 0.5) is 0 Å². The average Bonchev–Trinajstić information content (AvgIpc) is 3.20. The highest BCUT2D eigenvalue weighted by atomic mass is 16.2. The van der Waals surface area contributed by atoms with Crippen LogP contribution in [0.5, 0.6) is 0 Å². The number of rotatable bonds is 6. The Balaban J connectivity index is 1.58. The molecule has 1 aromatic carbocycles. The highest BCUT2D eigenvalue weighted by Crippen LogP contribution is 2.48. The Labute approximate surface area is 140 Å². The van der Waals surface area contributed by atoms with E-state index in [1.807, 2.05) is 0 Å². The van der Waals surface area contributed by atoms with E-state index in [9.17, 15) is 4.79 Å². The van der Waals surface area contributed by atoms with Crippen molar-refractivity contribution in [2.75, 3.05) is 26.2 Å². The van der Waals surface area contributed by atoms with Gasteiger partial charge < -0.3 is 10.2 Å². The van der Waals surface area contributed by atoms with E-state index in [1.165, 1.54) is 42.6 Å². The molecule has 126 valence electrons. The quantitative estimate of drug-likeness (QED) is 0.874. The molecule has 2 fully saturated rings. The molecule has 3 nitrogen and oxygen atoms in total. The molecule has 1 aromatic rings. The molecule has 3 heteroatoms. The SMILES string of the molecule is CCCN1CCC(CNC(=O)C2(c3cc(C)cc(C)c3)CC2)C1. The number of likely N-dealkylation sites (tertiary alicyclic amines) is 1. The van der Waals surface area contributed by atoms with E-state index in [0.717, 1.165) is 25.9 Å². The lowest BCUT2D eigenvalue weighted by Gasteiger charge is -2.19. The normalized spacial score (nSPS) is 23.0. The van der Waals surface area contributed by atoms with Gasteiger partial charge >= 0.3 is 0 Å². The van der Waals surface area contributed by atoms with Crippen molar-refractivity contribution in [1.82, 2.24) is 10.2 Å². The molecule has 3 rings (SSSR count). The van der Waals surface area contributed by atoms with E-state index in [4.69, 9.17) is 0 Å². The maximum Gasteiger partial charge on any atom is 0.230 e. The highest BCUT2D eigenvalue weighted by Gasteiger charge is 2.51. The second kappa shape index (κ2) is 6.64. The number of carbonyl (C=O) groups excluding carboxylic acids is 1. The Morgan fingerprint density at radius 2 is 1.96 bits per heavy atom. The van der Waals surface area contributed by atoms with Crippen LogP contribution in [0.1, 0.15) is 49.3 Å². The van der Waals surface area contributed by atoms with Crippen LogP contribution in [0.3, 0.4) is 0 Å². The van der Waals surface area contributed by atoms with Crippen LogP contribution in [0.25, 0.3) is 0 Å². The van der Waals surface area contributed by atoms with E-state index in [2.05, 4.69) is 49.2 Å². The van der Waals surface area contributed by atoms with Gasteiger partial charge in [0.05, 0.1) is 5.41 Å². The minimum absolute atomic E-state index is 0.238. The molecule has 0 radical (unpaired) electrons. The summed E-state index contributed by atoms with van der Waals surface area (Å²) < 4.78 is 0. The van der Waals surface area contributed by atoms with Crippen molar-refractivity contribution < 1.29 is 4.79 Å². The number of aryl methyl sites for hydroxylation is 2. The first-order valence-corrected chi connectivity index (χ1v) is 9.13. The number of hydrogen-bond donors (Lipinski definition) is 1. The third-order valence-electron chi connectivity index (χ3n) is 5.42. The molecule has 1 atom stereocenters. The van der Waals surface area contributed by atoms with E-state index in [0.29, 0.717) is 5.92 Å². The van der Waals surface area contributed by atoms with Gasteiger partial charge in [0.15, 0.2) is 0 Å². The molecule has 1 aliphatic heterocycles. The van der Waals surface area contributed by atoms with Crippen LogP contribution in [0, 0.1) is 19.8 Å². The molecular formula is C20H30N2O. The van der Waals surface area contributed by atoms with Crippen LogP contribution in [-0.4, -0.2) is 37.0 Å². The molecule has 1 N–H and O–H groups in total. The van der Waals surface area contributed by atoms with E-state index in [1.54, 1.807) is 0 Å². The van der Waals surface area contributed by atoms with Crippen molar-refractivity contribution >= 4 is 5.91 Å². The first-order chi connectivity index (χ1) is 11.0. The Morgan fingerprint density at radius 3 is 2.57 bits per heavy atom. The topological polar surface area (TPSA) is 32.3 Å². The minimum Gasteiger partial charge on any atom is -0.355 e. The summed E-state index contributed by atoms with van der Waals surface area (Å²) >= 11 is 0. The van der Waals surface area contributed by atoms with Gasteiger partial charge in [-0.1, -0.05) is 36.2 Å². The fourth-order valence-corrected chi connectivity index (χ4v) is 4.03. The lowest BCUT2D eigenvalue weighted by Crippen LogP contribution is -2.38. The molecule has 1 amide bonds. The fourth-order valence-electron chi connectivity index (χ4n) is 4.03. The molecule has 0 spiro atoms. The zero-order valence-corrected chi connectivity index (χ0v) is 14.8. The fraction of sp³-hybridized carbons (Fsp3) is 0.650. The van der Waals surface area contributed by atoms with Crippen molar-refractivity contribution in [3.8, 4) is 0 Å². The van der Waals surface area contributed by atoms with Gasteiger partial charge in [-0.3, -0.25) is 4.79 Å². The number of nitrogens with one attached hydrogen (secondary N) is 1. The summed E-state index contributed by atoms with van der Waals surface area (Å²) in [7, 11) is 0. The molecule has 0 aromatic heterocycles. The zero-order valence-electron chi connectivity index (χ0n) is 14.8. The Hall–Kier alpha value is -1.35. The Morgan fingerprint density at radius 1 is 1.26 bits per heavy atom. The van der Waals surface area contributed by atoms with Gasteiger partial charge in [0.1, 0.15) is 0 Å². The van der Waals surface area contributed by atoms with Crippen LogP contribution in [0.2, 0.25) is 0 Å². The van der Waals surface area contributed by atoms with Crippen LogP contribution in [-0.2, 0) is 10.2 Å². The number of benzene rings is 1. The molecule has 2 aliphatic rings. The first-order valence-electron chi connectivity index (χ1n) is 9.13. The summed E-state index contributed by atoms with van der Waals surface area (Å²) in [6.07, 6.45) is 4.43. The predicted molar refractivity (Wildman–Crippen MR) is 94.7 cm³/mol. The summed E-state index contributed by atoms with van der Waals surface area (Å²) in [5.41, 5.74) is 3.49. The van der Waals surface area contributed by atoms with E-state index < -0.39 is 0 Å². The molecule has 1 unspecified atom stereocenters. The monoisotopic (exact) mass is 314 g/mol. The number of hydrogen-bond acceptors (Lipinski definition) is 2. The summed E-state index contributed by atoms with van der Waals surface area (Å²) in [4.78, 5) is 15.3. The third kappa shape index (κ3) is 3.60. The van der Waals surface area contributed by atoms with Gasteiger partial charge in [0.25, 0.3) is 0 Å². The van der Waals surface area contributed by atoms with Gasteiger partial charge in [-0.2, -0.15) is 0 Å². The Bertz CT molecular complexity index is 557. The maximum absolute atomic E-state index is 12.8. The van der Waals surface area contributed by atoms with Crippen molar-refractivity contribution in [2.24, 2.45) is 5.92 Å². The molecule has 1 saturated heterocycles. The molecule has 1 saturated carbocycles. The number of amides is 1. The van der Waals surface area contributed by atoms with Crippen LogP contribution in [0.15, 0.2) is 18.2 Å². The second-order valence-electron chi connectivity index (χ2n) is 7.62. The summed E-state index contributed by atoms with van der Waals surface area (Å²) in [6.45, 7) is 10.8. The standard InChI is InChI=1S/C20H30N2O/c1-4-8-22-9-5-17(14-22)13-21-19(23)20(6-7-20)18-11-15(2)10-16(3)12-18/h10-12,17H,4-9,13-14H2,1-3H3,(H,21,23). The summed E-state index contributed by atoms with van der Waals surface area (Å²) in [6, 6.07) is 6.56. The lowest BCUT2D eigenvalue weighted by atomic mass is 9.92. The van der Waals surface area contributed by atoms with Gasteiger partial charge in [0.2, 0.25) is 5.91 Å². The maximum atomic E-state index is 12.8. The average molecular weight is 314 g/mol. The largest absolute Gasteiger partial charge is 0.355 e. The van der Waals surface area contributed by atoms with Crippen LogP contribution < -0.4 is 5.32 Å². The molecule has 23 heavy (non-hydrogen) atoms. The lowest BCUT2D eigenvalue weighted by molar-refractivity contribution is -0.123. The van der Waals surface area contributed by atoms with Crippen molar-refractivity contribution in [3.05, 3.63) is 34.9 Å².